The van der Waals surface area contributed by atoms with Gasteiger partial charge in [0.05, 0.1) is 38.8 Å². The van der Waals surface area contributed by atoms with Crippen molar-refractivity contribution in [1.82, 2.24) is 47.0 Å². The lowest BCUT2D eigenvalue weighted by Crippen LogP contribution is -2.60. The Bertz CT molecular complexity index is 1950. The molecule has 0 aromatic carbocycles. The molecule has 0 aliphatic carbocycles. The Kier molecular flexibility index (Phi) is 27.3. The van der Waals surface area contributed by atoms with Crippen molar-refractivity contribution in [3.8, 4) is 0 Å². The summed E-state index contributed by atoms with van der Waals surface area (Å²) < 4.78 is 5.04. The Morgan fingerprint density at radius 1 is 0.778 bits per heavy atom. The summed E-state index contributed by atoms with van der Waals surface area (Å²) in [6.07, 6.45) is 0.300. The largest absolute Gasteiger partial charge is 0.443 e. The summed E-state index contributed by atoms with van der Waals surface area (Å²) in [5, 5.41) is 36.3. The van der Waals surface area contributed by atoms with Crippen molar-refractivity contribution in [3.05, 3.63) is 0 Å². The van der Waals surface area contributed by atoms with E-state index < -0.39 is 164 Å². The Hall–Kier alpha value is -5.82. The number of likely N-dealkylation sites (tertiary alicyclic amines) is 1. The van der Waals surface area contributed by atoms with E-state index in [9.17, 15) is 67.7 Å². The van der Waals surface area contributed by atoms with Gasteiger partial charge in [0, 0.05) is 18.7 Å². The van der Waals surface area contributed by atoms with Crippen molar-refractivity contribution in [3.63, 3.8) is 0 Å². The third kappa shape index (κ3) is 19.7. The molecule has 30 heteroatoms. The molecule has 0 radical (unpaired) electrons. The van der Waals surface area contributed by atoms with E-state index in [1.165, 1.54) is 16.7 Å². The fourth-order valence-electron chi connectivity index (χ4n) is 7.54. The zero-order valence-electron chi connectivity index (χ0n) is 40.6. The van der Waals surface area contributed by atoms with E-state index in [1.54, 1.807) is 20.1 Å². The first kappa shape index (κ1) is 62.3. The number of aliphatic hydroxyl groups excluding tert-OH is 2. The minimum Gasteiger partial charge on any atom is -0.443 e. The standard InChI is InChI=1S/C42H71N13O15S2/c1-21(2)34(53-38(65)25(11-14-72-3)50-37(64)23(7-4-5-12-43)51-39(66)27-8-6-13-54(27)41(68)22(44)18-56)40(67)52-24(9-10-30(45)58)35(62)47-16-32(60)49-26(19-57)36(63)48-17-33(61)55-28(20-71)29(15-31(46)59)70-42(55)69/h21-29,34,56-57,71H,4-20,43-44H2,1-3H3,(H2,45,58)(H2,46,59)(H,47,62)(H,48,63)(H,49,60)(H,50,64)(H,51,66)(H,52,67)(H,53,65)/t22-,23-,24-,25-,26-,27-,28-,29-,34-/m0/s1. The highest BCUT2D eigenvalue weighted by atomic mass is 32.2. The molecular weight excluding hydrogens is 991 g/mol. The number of carbonyl (C=O) groups excluding carboxylic acids is 12. The van der Waals surface area contributed by atoms with E-state index in [4.69, 9.17) is 27.7 Å². The highest BCUT2D eigenvalue weighted by Crippen LogP contribution is 2.23. The summed E-state index contributed by atoms with van der Waals surface area (Å²) in [4.78, 5) is 157. The molecule has 9 atom stereocenters. The second kappa shape index (κ2) is 31.6. The number of thiol groups is 1. The molecule has 2 aliphatic rings. The quantitative estimate of drug-likeness (QED) is 0.0220. The van der Waals surface area contributed by atoms with Gasteiger partial charge in [-0.15, -0.1) is 0 Å². The lowest BCUT2D eigenvalue weighted by molar-refractivity contribution is -0.141. The van der Waals surface area contributed by atoms with Gasteiger partial charge in [-0.2, -0.15) is 24.4 Å². The number of primary amides is 2. The number of rotatable bonds is 32. The molecule has 2 saturated heterocycles. The van der Waals surface area contributed by atoms with E-state index in [0.717, 1.165) is 0 Å². The molecule has 406 valence electrons. The van der Waals surface area contributed by atoms with Gasteiger partial charge in [-0.05, 0) is 69.4 Å². The molecule has 2 aliphatic heterocycles. The van der Waals surface area contributed by atoms with Gasteiger partial charge in [0.25, 0.3) is 5.91 Å². The molecule has 12 amide bonds. The van der Waals surface area contributed by atoms with Gasteiger partial charge >= 0.3 is 6.09 Å². The van der Waals surface area contributed by atoms with Crippen molar-refractivity contribution < 1.29 is 72.5 Å². The zero-order valence-corrected chi connectivity index (χ0v) is 42.3. The lowest BCUT2D eigenvalue weighted by atomic mass is 10.0. The first-order valence-electron chi connectivity index (χ1n) is 23.3. The van der Waals surface area contributed by atoms with Crippen LogP contribution in [0.3, 0.4) is 0 Å². The van der Waals surface area contributed by atoms with Gasteiger partial charge in [0.1, 0.15) is 48.4 Å². The fraction of sp³-hybridized carbons (Fsp3) is 0.714. The average molecular weight is 1060 g/mol. The Morgan fingerprint density at radius 2 is 1.39 bits per heavy atom. The molecule has 0 bridgehead atoms. The molecule has 0 spiro atoms. The van der Waals surface area contributed by atoms with Crippen LogP contribution in [0.25, 0.3) is 0 Å². The van der Waals surface area contributed by atoms with Gasteiger partial charge in [-0.1, -0.05) is 13.8 Å². The maximum atomic E-state index is 13.9. The maximum Gasteiger partial charge on any atom is 0.417 e. The van der Waals surface area contributed by atoms with Crippen LogP contribution in [0.15, 0.2) is 0 Å². The topological polar surface area (TPSA) is 449 Å². The van der Waals surface area contributed by atoms with Crippen LogP contribution in [0.5, 0.6) is 0 Å². The van der Waals surface area contributed by atoms with Gasteiger partial charge in [0.15, 0.2) is 0 Å². The van der Waals surface area contributed by atoms with Gasteiger partial charge in [-0.25, -0.2) is 9.69 Å². The highest BCUT2D eigenvalue weighted by molar-refractivity contribution is 7.98. The number of carbonyl (C=O) groups is 12. The molecular formula is C42H71N13O15S2. The molecule has 0 unspecified atom stereocenters. The number of nitrogens with one attached hydrogen (secondary N) is 7. The molecule has 2 fully saturated rings. The SMILES string of the molecule is CSCC[C@H](NC(=O)[C@H](CCCCN)NC(=O)[C@@H]1CCCN1C(=O)[C@@H](N)CO)C(=O)N[C@H](C(=O)N[C@@H](CCC(N)=O)C(=O)NCC(=O)N[C@@H](CO)C(=O)NCC(=O)N1C(=O)O[C@@H](CC(N)=O)[C@@H]1CS)C(C)C. The number of ether oxygens (including phenoxy) is 1. The molecule has 17 N–H and O–H groups in total. The number of hydrogen-bond acceptors (Lipinski definition) is 19. The molecule has 0 saturated carbocycles. The summed E-state index contributed by atoms with van der Waals surface area (Å²) in [6, 6.07) is -10.1. The molecule has 28 nitrogen and oxygen atoms in total. The number of cyclic esters (lactones) is 1. The van der Waals surface area contributed by atoms with E-state index in [0.29, 0.717) is 36.5 Å². The van der Waals surface area contributed by atoms with Crippen molar-refractivity contribution in [1.29, 1.82) is 0 Å². The molecule has 72 heavy (non-hydrogen) atoms. The number of imide groups is 1. The third-order valence-corrected chi connectivity index (χ3v) is 12.5. The Balaban J connectivity index is 2.15. The highest BCUT2D eigenvalue weighted by Gasteiger charge is 2.45. The van der Waals surface area contributed by atoms with E-state index in [-0.39, 0.29) is 44.4 Å². The molecule has 0 aromatic heterocycles. The average Bonchev–Trinajstić information content (AvgIpc) is 3.95. The van der Waals surface area contributed by atoms with Crippen LogP contribution >= 0.6 is 24.4 Å². The molecule has 2 rings (SSSR count). The van der Waals surface area contributed by atoms with Gasteiger partial charge in [0.2, 0.25) is 59.1 Å². The van der Waals surface area contributed by atoms with Crippen LogP contribution in [-0.2, 0) is 57.5 Å². The summed E-state index contributed by atoms with van der Waals surface area (Å²) >= 11 is 5.46. The predicted molar refractivity (Wildman–Crippen MR) is 260 cm³/mol. The van der Waals surface area contributed by atoms with Crippen molar-refractivity contribution in [2.75, 3.05) is 57.2 Å². The van der Waals surface area contributed by atoms with Crippen molar-refractivity contribution in [2.24, 2.45) is 28.9 Å². The first-order chi connectivity index (χ1) is 34.0. The third-order valence-electron chi connectivity index (χ3n) is 11.5. The van der Waals surface area contributed by atoms with Crippen LogP contribution < -0.4 is 60.2 Å². The maximum absolute atomic E-state index is 13.9. The van der Waals surface area contributed by atoms with Crippen molar-refractivity contribution >= 4 is 95.5 Å². The molecule has 0 aromatic rings. The van der Waals surface area contributed by atoms with Crippen LogP contribution in [-0.4, -0.2) is 203 Å². The summed E-state index contributed by atoms with van der Waals surface area (Å²) in [5.74, 6) is -9.75. The summed E-state index contributed by atoms with van der Waals surface area (Å²) in [5.41, 5.74) is 21.9. The van der Waals surface area contributed by atoms with Crippen LogP contribution in [0, 0.1) is 5.92 Å². The van der Waals surface area contributed by atoms with E-state index >= 15 is 0 Å². The number of thioether (sulfide) groups is 1. The van der Waals surface area contributed by atoms with Gasteiger partial charge < -0.3 is 80.0 Å². The minimum atomic E-state index is -1.67. The van der Waals surface area contributed by atoms with E-state index in [1.807, 2.05) is 0 Å². The fourth-order valence-corrected chi connectivity index (χ4v) is 8.41. The van der Waals surface area contributed by atoms with E-state index in [2.05, 4.69) is 49.8 Å². The second-order valence-electron chi connectivity index (χ2n) is 17.3. The molecule has 2 heterocycles. The number of unbranched alkanes of at least 4 members (excludes halogenated alkanes) is 1. The number of hydrogen-bond donors (Lipinski definition) is 14. The lowest BCUT2D eigenvalue weighted by Gasteiger charge is -2.29. The summed E-state index contributed by atoms with van der Waals surface area (Å²) in [6.45, 7) is 0.434. The van der Waals surface area contributed by atoms with Crippen LogP contribution in [0.2, 0.25) is 0 Å². The Morgan fingerprint density at radius 3 is 1.97 bits per heavy atom. The smallest absolute Gasteiger partial charge is 0.417 e. The minimum absolute atomic E-state index is 0.0765. The number of amides is 12. The normalized spacial score (nSPS) is 18.8. The van der Waals surface area contributed by atoms with Gasteiger partial charge in [-0.3, -0.25) is 52.7 Å². The first-order valence-corrected chi connectivity index (χ1v) is 25.3. The van der Waals surface area contributed by atoms with Crippen LogP contribution in [0.4, 0.5) is 4.79 Å². The monoisotopic (exact) mass is 1060 g/mol. The number of nitrogens with zero attached hydrogens (tertiary/aromatic N) is 2. The predicted octanol–water partition coefficient (Wildman–Crippen LogP) is -6.73. The zero-order chi connectivity index (χ0) is 54.2. The second-order valence-corrected chi connectivity index (χ2v) is 18.7. The number of nitrogens with two attached hydrogens (primary N) is 4. The Labute approximate surface area is 425 Å². The van der Waals surface area contributed by atoms with Crippen molar-refractivity contribution in [2.45, 2.75) is 126 Å². The number of aliphatic hydroxyl groups is 2. The summed E-state index contributed by atoms with van der Waals surface area (Å²) in [7, 11) is 0. The van der Waals surface area contributed by atoms with Crippen LogP contribution in [0.1, 0.15) is 71.6 Å².